The van der Waals surface area contributed by atoms with Crippen molar-refractivity contribution in [3.05, 3.63) is 53.6 Å². The van der Waals surface area contributed by atoms with Gasteiger partial charge >= 0.3 is 0 Å². The first-order valence-corrected chi connectivity index (χ1v) is 11.7. The summed E-state index contributed by atoms with van der Waals surface area (Å²) in [6.07, 6.45) is 4.08. The Labute approximate surface area is 189 Å². The predicted molar refractivity (Wildman–Crippen MR) is 125 cm³/mol. The molecule has 1 aromatic heterocycles. The van der Waals surface area contributed by atoms with Crippen molar-refractivity contribution in [1.82, 2.24) is 14.8 Å². The van der Waals surface area contributed by atoms with E-state index in [0.717, 1.165) is 57.4 Å². The standard InChI is InChI=1S/C25H31N5O2/c1-28-15-16-30(21(17-28)18-7-3-2-4-8-18)25(32)20-11-12-22(27-24(31)19-9-10-19)26-23(20)29-13-5-6-14-29/h2-4,7-8,11-12,19,21H,5-6,9-10,13-17H2,1H3,(H,26,27,31). The molecule has 0 radical (unpaired) electrons. The third kappa shape index (κ3) is 4.35. The van der Waals surface area contributed by atoms with E-state index in [2.05, 4.69) is 34.3 Å². The monoisotopic (exact) mass is 433 g/mol. The number of amides is 2. The van der Waals surface area contributed by atoms with Crippen molar-refractivity contribution in [1.29, 1.82) is 0 Å². The molecule has 7 heteroatoms. The Balaban J connectivity index is 1.46. The lowest BCUT2D eigenvalue weighted by Crippen LogP contribution is -2.49. The van der Waals surface area contributed by atoms with Crippen molar-refractivity contribution in [2.24, 2.45) is 5.92 Å². The molecule has 168 valence electrons. The number of nitrogens with one attached hydrogen (secondary N) is 1. The van der Waals surface area contributed by atoms with Gasteiger partial charge in [0, 0.05) is 38.6 Å². The molecule has 3 aliphatic rings. The van der Waals surface area contributed by atoms with Crippen molar-refractivity contribution in [3.8, 4) is 0 Å². The zero-order valence-corrected chi connectivity index (χ0v) is 18.7. The first-order chi connectivity index (χ1) is 15.6. The number of nitrogens with zero attached hydrogens (tertiary/aromatic N) is 4. The molecule has 1 saturated carbocycles. The van der Waals surface area contributed by atoms with Crippen LogP contribution in [0.1, 0.15) is 47.6 Å². The van der Waals surface area contributed by atoms with E-state index in [0.29, 0.717) is 23.7 Å². The molecule has 2 saturated heterocycles. The van der Waals surface area contributed by atoms with E-state index in [-0.39, 0.29) is 23.8 Å². The van der Waals surface area contributed by atoms with Crippen LogP contribution in [0.25, 0.3) is 0 Å². The van der Waals surface area contributed by atoms with Gasteiger partial charge in [-0.1, -0.05) is 30.3 Å². The van der Waals surface area contributed by atoms with E-state index < -0.39 is 0 Å². The summed E-state index contributed by atoms with van der Waals surface area (Å²) < 4.78 is 0. The quantitative estimate of drug-likeness (QED) is 0.785. The summed E-state index contributed by atoms with van der Waals surface area (Å²) in [7, 11) is 2.10. The average molecular weight is 434 g/mol. The number of hydrogen-bond donors (Lipinski definition) is 1. The van der Waals surface area contributed by atoms with Crippen LogP contribution in [0.4, 0.5) is 11.6 Å². The van der Waals surface area contributed by atoms with Gasteiger partial charge < -0.3 is 20.0 Å². The highest BCUT2D eigenvalue weighted by Gasteiger charge is 2.34. The maximum atomic E-state index is 13.9. The summed E-state index contributed by atoms with van der Waals surface area (Å²) in [5.41, 5.74) is 1.78. The minimum Gasteiger partial charge on any atom is -0.356 e. The molecule has 2 amide bonds. The highest BCUT2D eigenvalue weighted by Crippen LogP contribution is 2.33. The van der Waals surface area contributed by atoms with Gasteiger partial charge in [-0.15, -0.1) is 0 Å². The van der Waals surface area contributed by atoms with Gasteiger partial charge in [0.05, 0.1) is 11.6 Å². The summed E-state index contributed by atoms with van der Waals surface area (Å²) >= 11 is 0. The van der Waals surface area contributed by atoms with E-state index in [1.165, 1.54) is 0 Å². The lowest BCUT2D eigenvalue weighted by molar-refractivity contribution is -0.117. The molecule has 7 nitrogen and oxygen atoms in total. The lowest BCUT2D eigenvalue weighted by atomic mass is 10.0. The normalized spacial score (nSPS) is 21.6. The molecule has 32 heavy (non-hydrogen) atoms. The van der Waals surface area contributed by atoms with E-state index in [1.54, 1.807) is 6.07 Å². The van der Waals surface area contributed by atoms with Crippen LogP contribution >= 0.6 is 0 Å². The SMILES string of the molecule is CN1CCN(C(=O)c2ccc(NC(=O)C3CC3)nc2N2CCCC2)C(c2ccccc2)C1. The Morgan fingerprint density at radius 3 is 2.44 bits per heavy atom. The molecule has 0 spiro atoms. The van der Waals surface area contributed by atoms with Crippen LogP contribution in [0, 0.1) is 5.92 Å². The molecular formula is C25H31N5O2. The zero-order valence-electron chi connectivity index (χ0n) is 18.7. The van der Waals surface area contributed by atoms with Crippen molar-refractivity contribution < 1.29 is 9.59 Å². The highest BCUT2D eigenvalue weighted by atomic mass is 16.2. The van der Waals surface area contributed by atoms with Crippen LogP contribution in [0.2, 0.25) is 0 Å². The van der Waals surface area contributed by atoms with Crippen LogP contribution in [-0.4, -0.2) is 66.4 Å². The molecule has 2 aromatic rings. The van der Waals surface area contributed by atoms with Crippen LogP contribution in [-0.2, 0) is 4.79 Å². The first kappa shape index (κ1) is 20.9. The van der Waals surface area contributed by atoms with Gasteiger partial charge in [0.1, 0.15) is 11.6 Å². The van der Waals surface area contributed by atoms with E-state index >= 15 is 0 Å². The van der Waals surface area contributed by atoms with Crippen molar-refractivity contribution in [2.45, 2.75) is 31.7 Å². The van der Waals surface area contributed by atoms with Gasteiger partial charge in [-0.3, -0.25) is 9.59 Å². The molecule has 1 aliphatic carbocycles. The number of pyridine rings is 1. The van der Waals surface area contributed by atoms with Gasteiger partial charge in [-0.2, -0.15) is 0 Å². The molecule has 1 aromatic carbocycles. The summed E-state index contributed by atoms with van der Waals surface area (Å²) in [4.78, 5) is 37.4. The smallest absolute Gasteiger partial charge is 0.258 e. The third-order valence-corrected chi connectivity index (χ3v) is 6.74. The summed E-state index contributed by atoms with van der Waals surface area (Å²) in [6.45, 7) is 4.10. The average Bonchev–Trinajstić information content (AvgIpc) is 3.53. The fourth-order valence-corrected chi connectivity index (χ4v) is 4.71. The summed E-state index contributed by atoms with van der Waals surface area (Å²) in [5, 5.41) is 2.95. The van der Waals surface area contributed by atoms with Crippen molar-refractivity contribution in [2.75, 3.05) is 50.0 Å². The molecular weight excluding hydrogens is 402 g/mol. The number of carbonyl (C=O) groups excluding carboxylic acids is 2. The minimum absolute atomic E-state index is 0.00289. The summed E-state index contributed by atoms with van der Waals surface area (Å²) in [5.74, 6) is 1.41. The summed E-state index contributed by atoms with van der Waals surface area (Å²) in [6, 6.07) is 13.9. The molecule has 1 unspecified atom stereocenters. The number of benzene rings is 1. The number of aromatic nitrogens is 1. The molecule has 1 atom stereocenters. The van der Waals surface area contributed by atoms with E-state index in [1.807, 2.05) is 29.2 Å². The van der Waals surface area contributed by atoms with Crippen LogP contribution in [0.5, 0.6) is 0 Å². The topological polar surface area (TPSA) is 68.8 Å². The van der Waals surface area contributed by atoms with Crippen LogP contribution in [0.3, 0.4) is 0 Å². The molecule has 0 bridgehead atoms. The molecule has 2 aliphatic heterocycles. The first-order valence-electron chi connectivity index (χ1n) is 11.7. The fourth-order valence-electron chi connectivity index (χ4n) is 4.71. The zero-order chi connectivity index (χ0) is 22.1. The maximum Gasteiger partial charge on any atom is 0.258 e. The second kappa shape index (κ2) is 8.90. The van der Waals surface area contributed by atoms with Crippen molar-refractivity contribution in [3.63, 3.8) is 0 Å². The number of anilines is 2. The van der Waals surface area contributed by atoms with E-state index in [9.17, 15) is 9.59 Å². The third-order valence-electron chi connectivity index (χ3n) is 6.74. The van der Waals surface area contributed by atoms with Gasteiger partial charge in [0.15, 0.2) is 0 Å². The Morgan fingerprint density at radius 1 is 0.969 bits per heavy atom. The Hall–Kier alpha value is -2.93. The Kier molecular flexibility index (Phi) is 5.83. The number of rotatable bonds is 5. The van der Waals surface area contributed by atoms with Gasteiger partial charge in [0.2, 0.25) is 5.91 Å². The largest absolute Gasteiger partial charge is 0.356 e. The van der Waals surface area contributed by atoms with Gasteiger partial charge in [-0.05, 0) is 50.4 Å². The maximum absolute atomic E-state index is 13.9. The van der Waals surface area contributed by atoms with Crippen LogP contribution < -0.4 is 10.2 Å². The molecule has 3 fully saturated rings. The number of carbonyl (C=O) groups is 2. The highest BCUT2D eigenvalue weighted by molar-refractivity contribution is 6.00. The Bertz CT molecular complexity index is 985. The van der Waals surface area contributed by atoms with E-state index in [4.69, 9.17) is 4.98 Å². The van der Waals surface area contributed by atoms with Gasteiger partial charge in [0.25, 0.3) is 5.91 Å². The second-order valence-corrected chi connectivity index (χ2v) is 9.21. The van der Waals surface area contributed by atoms with Crippen molar-refractivity contribution >= 4 is 23.5 Å². The Morgan fingerprint density at radius 2 is 1.72 bits per heavy atom. The molecule has 5 rings (SSSR count). The number of likely N-dealkylation sites (N-methyl/N-ethyl adjacent to an activating group) is 1. The second-order valence-electron chi connectivity index (χ2n) is 9.21. The van der Waals surface area contributed by atoms with Gasteiger partial charge in [-0.25, -0.2) is 4.98 Å². The molecule has 1 N–H and O–H groups in total. The minimum atomic E-state index is 0.00289. The predicted octanol–water partition coefficient (Wildman–Crippen LogP) is 3.16. The fraction of sp³-hybridized carbons (Fsp3) is 0.480. The molecule has 3 heterocycles. The number of piperazine rings is 1. The number of hydrogen-bond acceptors (Lipinski definition) is 5. The van der Waals surface area contributed by atoms with Crippen LogP contribution in [0.15, 0.2) is 42.5 Å². The lowest BCUT2D eigenvalue weighted by Gasteiger charge is -2.40.